The summed E-state index contributed by atoms with van der Waals surface area (Å²) in [6.45, 7) is 5.06. The molecule has 0 spiro atoms. The van der Waals surface area contributed by atoms with E-state index in [2.05, 4.69) is 20.3 Å². The molecule has 1 atom stereocenters. The van der Waals surface area contributed by atoms with Gasteiger partial charge in [0.1, 0.15) is 11.6 Å². The van der Waals surface area contributed by atoms with E-state index in [0.717, 1.165) is 17.4 Å². The highest BCUT2D eigenvalue weighted by molar-refractivity contribution is 5.92. The maximum Gasteiger partial charge on any atom is 0.416 e. The Morgan fingerprint density at radius 2 is 1.78 bits per heavy atom. The summed E-state index contributed by atoms with van der Waals surface area (Å²) < 4.78 is 46.0. The predicted molar refractivity (Wildman–Crippen MR) is 154 cm³/mol. The van der Waals surface area contributed by atoms with E-state index in [0.29, 0.717) is 39.6 Å². The number of carbonyl (C=O) groups is 1. The van der Waals surface area contributed by atoms with Crippen molar-refractivity contribution in [2.75, 3.05) is 38.5 Å². The smallest absolute Gasteiger partial charge is 0.416 e. The van der Waals surface area contributed by atoms with Crippen molar-refractivity contribution >= 4 is 34.0 Å². The minimum Gasteiger partial charge on any atom is -0.481 e. The van der Waals surface area contributed by atoms with Gasteiger partial charge in [-0.2, -0.15) is 13.2 Å². The summed E-state index contributed by atoms with van der Waals surface area (Å²) in [4.78, 5) is 29.3. The molecule has 0 aliphatic rings. The van der Waals surface area contributed by atoms with Gasteiger partial charge >= 0.3 is 6.18 Å². The maximum atomic E-state index is 13.5. The summed E-state index contributed by atoms with van der Waals surface area (Å²) >= 11 is 0. The molecule has 0 unspecified atom stereocenters. The van der Waals surface area contributed by atoms with Crippen LogP contribution in [0.4, 0.5) is 30.4 Å². The molecule has 1 amide bonds. The molecule has 0 bridgehead atoms. The number of hydrogen-bond acceptors (Lipinski definition) is 7. The molecule has 2 aromatic carbocycles. The van der Waals surface area contributed by atoms with Crippen molar-refractivity contribution < 1.29 is 22.7 Å². The summed E-state index contributed by atoms with van der Waals surface area (Å²) in [7, 11) is 6.77. The van der Waals surface area contributed by atoms with Crippen molar-refractivity contribution in [1.29, 1.82) is 0 Å². The molecule has 0 saturated carbocycles. The fourth-order valence-electron chi connectivity index (χ4n) is 4.71. The van der Waals surface area contributed by atoms with Gasteiger partial charge in [0, 0.05) is 37.8 Å². The minimum atomic E-state index is -4.44. The Kier molecular flexibility index (Phi) is 8.37. The van der Waals surface area contributed by atoms with Crippen molar-refractivity contribution in [3.63, 3.8) is 0 Å². The Morgan fingerprint density at radius 3 is 2.44 bits per heavy atom. The molecule has 8 nitrogen and oxygen atoms in total. The van der Waals surface area contributed by atoms with Crippen LogP contribution in [0.2, 0.25) is 0 Å². The number of ether oxygens (including phenoxy) is 1. The second kappa shape index (κ2) is 11.6. The number of rotatable bonds is 8. The topological polar surface area (TPSA) is 83.5 Å². The van der Waals surface area contributed by atoms with E-state index in [1.54, 1.807) is 40.2 Å². The van der Waals surface area contributed by atoms with Crippen molar-refractivity contribution in [1.82, 2.24) is 19.9 Å². The first-order valence-corrected chi connectivity index (χ1v) is 13.0. The number of halogens is 3. The van der Waals surface area contributed by atoms with E-state index < -0.39 is 17.8 Å². The molecular formula is C30H33F3N6O2. The number of alkyl halides is 3. The molecule has 0 aliphatic carbocycles. The van der Waals surface area contributed by atoms with Crippen molar-refractivity contribution in [3.8, 4) is 5.88 Å². The monoisotopic (exact) mass is 566 g/mol. The number of nitrogens with zero attached hydrogens (tertiary/aromatic N) is 5. The molecule has 4 aromatic rings. The number of methoxy groups -OCH3 is 1. The first-order valence-electron chi connectivity index (χ1n) is 13.0. The van der Waals surface area contributed by atoms with E-state index in [4.69, 9.17) is 4.74 Å². The number of fused-ring (bicyclic) bond motifs is 1. The van der Waals surface area contributed by atoms with Gasteiger partial charge in [0.2, 0.25) is 11.8 Å². The van der Waals surface area contributed by atoms with Crippen LogP contribution in [-0.4, -0.2) is 54.0 Å². The normalized spacial score (nSPS) is 12.2. The highest BCUT2D eigenvalue weighted by Gasteiger charge is 2.33. The molecule has 2 aromatic heterocycles. The Morgan fingerprint density at radius 1 is 1.05 bits per heavy atom. The number of aromatic nitrogens is 3. The quantitative estimate of drug-likeness (QED) is 0.270. The lowest BCUT2D eigenvalue weighted by Crippen LogP contribution is -2.24. The number of anilines is 3. The zero-order valence-corrected chi connectivity index (χ0v) is 24.1. The second-order valence-electron chi connectivity index (χ2n) is 10.1. The fraction of sp³-hybridized carbons (Fsp3) is 0.333. The van der Waals surface area contributed by atoms with Gasteiger partial charge in [0.05, 0.1) is 42.5 Å². The largest absolute Gasteiger partial charge is 0.481 e. The number of amides is 1. The van der Waals surface area contributed by atoms with Crippen LogP contribution in [0, 0.1) is 13.8 Å². The lowest BCUT2D eigenvalue weighted by atomic mass is 9.97. The van der Waals surface area contributed by atoms with Crippen molar-refractivity contribution in [3.05, 3.63) is 76.7 Å². The number of benzene rings is 2. The summed E-state index contributed by atoms with van der Waals surface area (Å²) in [6, 6.07) is 11.3. The van der Waals surface area contributed by atoms with E-state index >= 15 is 0 Å². The van der Waals surface area contributed by atoms with Crippen molar-refractivity contribution in [2.24, 2.45) is 0 Å². The Hall–Kier alpha value is -4.41. The Bertz CT molecular complexity index is 1590. The molecule has 11 heteroatoms. The van der Waals surface area contributed by atoms with Gasteiger partial charge in [-0.25, -0.2) is 15.0 Å². The van der Waals surface area contributed by atoms with E-state index in [1.165, 1.54) is 25.0 Å². The van der Waals surface area contributed by atoms with E-state index in [1.807, 2.05) is 36.2 Å². The fourth-order valence-corrected chi connectivity index (χ4v) is 4.71. The van der Waals surface area contributed by atoms with Gasteiger partial charge in [-0.15, -0.1) is 0 Å². The summed E-state index contributed by atoms with van der Waals surface area (Å²) in [5, 5.41) is 4.02. The second-order valence-corrected chi connectivity index (χ2v) is 10.1. The van der Waals surface area contributed by atoms with Gasteiger partial charge in [0.25, 0.3) is 0 Å². The van der Waals surface area contributed by atoms with Crippen LogP contribution in [0.5, 0.6) is 5.88 Å². The molecule has 41 heavy (non-hydrogen) atoms. The van der Waals surface area contributed by atoms with Gasteiger partial charge in [-0.05, 0) is 62.2 Å². The van der Waals surface area contributed by atoms with Gasteiger partial charge < -0.3 is 19.9 Å². The number of likely N-dealkylation sites (N-methyl/N-ethyl adjacent to an activating group) is 1. The van der Waals surface area contributed by atoms with Gasteiger partial charge in [-0.1, -0.05) is 12.1 Å². The van der Waals surface area contributed by atoms with Gasteiger partial charge in [0.15, 0.2) is 0 Å². The average Bonchev–Trinajstić information content (AvgIpc) is 2.91. The summed E-state index contributed by atoms with van der Waals surface area (Å²) in [5.41, 5.74) is 2.93. The van der Waals surface area contributed by atoms with Crippen LogP contribution in [0.1, 0.15) is 41.0 Å². The Labute approximate surface area is 237 Å². The molecular weight excluding hydrogens is 533 g/mol. The third-order valence-electron chi connectivity index (χ3n) is 7.01. The molecule has 4 rings (SSSR count). The molecule has 2 heterocycles. The number of hydrogen-bond donors (Lipinski definition) is 1. The SMILES string of the molecule is COc1ncc(N(C)c2ccc3nc(C)nc(N[C@H](C)c4cccc(C(F)(F)F)c4C)c3c2)cc1CC(=O)N(C)C. The highest BCUT2D eigenvalue weighted by atomic mass is 19.4. The third-order valence-corrected chi connectivity index (χ3v) is 7.01. The lowest BCUT2D eigenvalue weighted by molar-refractivity contribution is -0.138. The van der Waals surface area contributed by atoms with Gasteiger partial charge in [-0.3, -0.25) is 4.79 Å². The highest BCUT2D eigenvalue weighted by Crippen LogP contribution is 2.36. The summed E-state index contributed by atoms with van der Waals surface area (Å²) in [5.74, 6) is 1.34. The summed E-state index contributed by atoms with van der Waals surface area (Å²) in [6.07, 6.45) is -2.64. The molecule has 0 fully saturated rings. The lowest BCUT2D eigenvalue weighted by Gasteiger charge is -2.23. The molecule has 216 valence electrons. The predicted octanol–water partition coefficient (Wildman–Crippen LogP) is 6.24. The van der Waals surface area contributed by atoms with Crippen LogP contribution in [0.15, 0.2) is 48.7 Å². The minimum absolute atomic E-state index is 0.0797. The van der Waals surface area contributed by atoms with Crippen LogP contribution in [0.25, 0.3) is 10.9 Å². The molecule has 0 aliphatic heterocycles. The van der Waals surface area contributed by atoms with Crippen molar-refractivity contribution in [2.45, 2.75) is 39.4 Å². The average molecular weight is 567 g/mol. The third kappa shape index (κ3) is 6.34. The molecule has 1 N–H and O–H groups in total. The number of carbonyl (C=O) groups excluding carboxylic acids is 1. The zero-order valence-electron chi connectivity index (χ0n) is 24.1. The zero-order chi connectivity index (χ0) is 30.1. The van der Waals surface area contributed by atoms with E-state index in [-0.39, 0.29) is 17.9 Å². The Balaban J connectivity index is 1.71. The van der Waals surface area contributed by atoms with Crippen LogP contribution in [-0.2, 0) is 17.4 Å². The van der Waals surface area contributed by atoms with Crippen LogP contribution < -0.4 is 15.0 Å². The maximum absolute atomic E-state index is 13.5. The number of aryl methyl sites for hydroxylation is 1. The number of nitrogens with one attached hydrogen (secondary N) is 1. The van der Waals surface area contributed by atoms with E-state index in [9.17, 15) is 18.0 Å². The first kappa shape index (κ1) is 29.6. The molecule has 0 radical (unpaired) electrons. The van der Waals surface area contributed by atoms with Crippen LogP contribution in [0.3, 0.4) is 0 Å². The standard InChI is InChI=1S/C30H33F3N6O2/c1-17-23(9-8-10-25(17)30(31,32)33)18(2)35-28-24-15-21(11-12-26(24)36-19(3)37-28)39(6)22-13-20(14-27(40)38(4)5)29(41-7)34-16-22/h8-13,15-16,18H,14H2,1-7H3,(H,35,36,37)/t18-/m1/s1. The number of pyridine rings is 1. The molecule has 0 saturated heterocycles. The van der Waals surface area contributed by atoms with Crippen LogP contribution >= 0.6 is 0 Å². The first-order chi connectivity index (χ1) is 19.3.